The van der Waals surface area contributed by atoms with Crippen LogP contribution in [0.4, 0.5) is 0 Å². The Hall–Kier alpha value is -12.5. The lowest BCUT2D eigenvalue weighted by Gasteiger charge is -2.31. The highest BCUT2D eigenvalue weighted by atomic mass is 33.1. The van der Waals surface area contributed by atoms with E-state index in [1.807, 2.05) is 6.92 Å². The van der Waals surface area contributed by atoms with Gasteiger partial charge < -0.3 is 139 Å². The average molecular weight is 1840 g/mol. The number of guanidine groups is 2. The summed E-state index contributed by atoms with van der Waals surface area (Å²) in [7, 11) is 1.76. The van der Waals surface area contributed by atoms with E-state index in [1.54, 1.807) is 44.2 Å². The maximum Gasteiger partial charge on any atom is 0.326 e. The molecule has 18 amide bonds. The molecule has 31 N–H and O–H groups in total. The number of likely N-dealkylation sites (tertiary alicyclic amines) is 1. The molecular weight excluding hydrogens is 1710 g/mol. The summed E-state index contributed by atoms with van der Waals surface area (Å²) in [5.74, 6) is -19.3. The lowest BCUT2D eigenvalue weighted by Crippen LogP contribution is -2.61. The molecule has 0 spiro atoms. The number of primary amides is 1. The summed E-state index contributed by atoms with van der Waals surface area (Å²) in [6.45, 7) is 1.84. The number of carbonyl (C=O) groups excluding carboxylic acids is 18. The Morgan fingerprint density at radius 1 is 0.578 bits per heavy atom. The number of unbranched alkanes of at least 4 members (excludes halogenated alkanes) is 2. The Morgan fingerprint density at radius 2 is 1.14 bits per heavy atom. The number of carboxylic acids is 1. The van der Waals surface area contributed by atoms with Crippen LogP contribution in [0, 0.1) is 16.7 Å². The Balaban J connectivity index is 1.49. The SMILES string of the molecule is CCCC[C@H]1NC(=O)[C@@H]2CCCN2C(=O)CNC(=O)[C@H](CCCCN)NC(=O)[C@H](Cc2cnc[nH]2)NC(=O)[C@H](NC(=O)[C@@H](CC(C)C)NC(=O)[C@@H](CCCNC(=N)N)NC(=O)[C@H]2CCCN2C(=O)[C@@H](CCCNC(=N)N)NC(=O)[C@@H](CCC(N)=O)NC(=O)CNC(=O)CNC(=O)CNC(=O)CNC(=O)CN)CSSC[C@H](C(=O)N[C@H](Cc2ccccc2)C(=O)O)NC1=O. The average Bonchev–Trinajstić information content (AvgIpc) is 1.71. The van der Waals surface area contributed by atoms with Crippen LogP contribution in [-0.4, -0.2) is 305 Å². The molecule has 5 rings (SSSR count). The van der Waals surface area contributed by atoms with Crippen molar-refractivity contribution >= 4 is 146 Å². The molecule has 3 aliphatic heterocycles. The zero-order valence-corrected chi connectivity index (χ0v) is 73.6. The van der Waals surface area contributed by atoms with Crippen molar-refractivity contribution in [3.8, 4) is 0 Å². The van der Waals surface area contributed by atoms with E-state index in [2.05, 4.69) is 100 Å². The molecule has 12 atom stereocenters. The molecule has 4 heterocycles. The Bertz CT molecular complexity index is 4150. The summed E-state index contributed by atoms with van der Waals surface area (Å²) < 4.78 is 0. The minimum atomic E-state index is -1.71. The van der Waals surface area contributed by atoms with Gasteiger partial charge in [-0.1, -0.05) is 85.5 Å². The van der Waals surface area contributed by atoms with Gasteiger partial charge in [-0.2, -0.15) is 0 Å². The summed E-state index contributed by atoms with van der Waals surface area (Å²) in [5.41, 5.74) is 28.5. The minimum absolute atomic E-state index is 0.0123. The second-order valence-electron chi connectivity index (χ2n) is 31.0. The number of hydrogen-bond donors (Lipinski definition) is 26. The van der Waals surface area contributed by atoms with Gasteiger partial charge in [-0.05, 0) is 108 Å². The van der Waals surface area contributed by atoms with Gasteiger partial charge in [0.2, 0.25) is 106 Å². The maximum absolute atomic E-state index is 15.3. The van der Waals surface area contributed by atoms with Crippen LogP contribution in [0.25, 0.3) is 0 Å². The van der Waals surface area contributed by atoms with Gasteiger partial charge in [-0.15, -0.1) is 0 Å². The summed E-state index contributed by atoms with van der Waals surface area (Å²) in [5, 5.41) is 69.1. The number of nitrogens with zero attached hydrogens (tertiary/aromatic N) is 3. The van der Waals surface area contributed by atoms with E-state index in [9.17, 15) is 81.8 Å². The molecule has 3 aliphatic rings. The van der Waals surface area contributed by atoms with Crippen molar-refractivity contribution in [3.05, 3.63) is 54.1 Å². The first-order valence-corrected chi connectivity index (χ1v) is 44.8. The monoisotopic (exact) mass is 1840 g/mol. The van der Waals surface area contributed by atoms with Gasteiger partial charge >= 0.3 is 5.97 Å². The third kappa shape index (κ3) is 38.8. The van der Waals surface area contributed by atoms with E-state index in [-0.39, 0.29) is 122 Å². The topological polar surface area (TPSA) is 762 Å². The number of hydrogen-bond acceptors (Lipinski definition) is 26. The van der Waals surface area contributed by atoms with Crippen LogP contribution in [0.1, 0.15) is 141 Å². The first kappa shape index (κ1) is 106. The molecule has 1 aromatic carbocycles. The lowest BCUT2D eigenvalue weighted by molar-refractivity contribution is -0.142. The van der Waals surface area contributed by atoms with Gasteiger partial charge in [0, 0.05) is 68.8 Å². The normalized spacial score (nSPS) is 19.5. The van der Waals surface area contributed by atoms with E-state index in [1.165, 1.54) is 17.4 Å². The van der Waals surface area contributed by atoms with Gasteiger partial charge in [-0.25, -0.2) is 9.78 Å². The summed E-state index contributed by atoms with van der Waals surface area (Å²) in [6, 6.07) is -9.42. The highest BCUT2D eigenvalue weighted by Crippen LogP contribution is 2.26. The van der Waals surface area contributed by atoms with Crippen molar-refractivity contribution in [1.82, 2.24) is 110 Å². The largest absolute Gasteiger partial charge is 0.480 e. The summed E-state index contributed by atoms with van der Waals surface area (Å²) in [4.78, 5) is 273. The molecule has 0 radical (unpaired) electrons. The number of aromatic nitrogens is 2. The molecule has 2 aromatic rings. The molecule has 48 nitrogen and oxygen atoms in total. The molecule has 128 heavy (non-hydrogen) atoms. The number of nitrogens with one attached hydrogen (secondary N) is 20. The van der Waals surface area contributed by atoms with Gasteiger partial charge in [0.05, 0.1) is 45.6 Å². The summed E-state index contributed by atoms with van der Waals surface area (Å²) in [6.07, 6.45) is 3.11. The smallest absolute Gasteiger partial charge is 0.326 e. The van der Waals surface area contributed by atoms with Crippen LogP contribution >= 0.6 is 21.6 Å². The number of rotatable bonds is 46. The van der Waals surface area contributed by atoms with Gasteiger partial charge in [-0.3, -0.25) is 97.1 Å². The van der Waals surface area contributed by atoms with Gasteiger partial charge in [0.15, 0.2) is 11.9 Å². The fourth-order valence-corrected chi connectivity index (χ4v) is 16.0. The minimum Gasteiger partial charge on any atom is -0.480 e. The highest BCUT2D eigenvalue weighted by Gasteiger charge is 2.43. The number of aromatic amines is 1. The number of benzene rings is 1. The Morgan fingerprint density at radius 3 is 1.73 bits per heavy atom. The number of imidazole rings is 1. The number of carbonyl (C=O) groups is 19. The second-order valence-corrected chi connectivity index (χ2v) is 33.6. The lowest BCUT2D eigenvalue weighted by atomic mass is 10.0. The van der Waals surface area contributed by atoms with Gasteiger partial charge in [0.1, 0.15) is 72.5 Å². The van der Waals surface area contributed by atoms with Crippen LogP contribution in [-0.2, 0) is 104 Å². The number of carboxylic acid groups (broad SMARTS) is 1. The molecule has 708 valence electrons. The first-order valence-electron chi connectivity index (χ1n) is 42.3. The van der Waals surface area contributed by atoms with Crippen molar-refractivity contribution < 1.29 is 96.2 Å². The third-order valence-electron chi connectivity index (χ3n) is 20.4. The van der Waals surface area contributed by atoms with Crippen molar-refractivity contribution in [2.45, 2.75) is 215 Å². The molecule has 3 fully saturated rings. The Kier molecular flexibility index (Phi) is 46.9. The standard InChI is InChI=1S/C78H124N28O20S2/c1-4-5-17-47-67(116)103-55(72(121)102-53(76(125)126)31-44-15-7-6-8-16-44)41-128-127-40-54(71(120)101-52(32-45-34-86-42-94-45)70(119)96-46(18-9-10-25-79)65(114)93-39-64(113)105-28-13-21-56(105)73(122)97-47)104-69(118)51(30-43(2)3)100-66(115)48(19-11-26-87-77(82)83)98-74(123)57-22-14-29-106(57)75(124)50(20-12-27-88-78(84)85)99-68(117)49(23-24-58(81)107)95-63(112)38-92-62(111)37-91-61(110)36-90-60(109)35-89-59(108)33-80/h6-8,15-16,34,42-43,46-57H,4-5,9-14,17-33,35-41,79-80H2,1-3H3,(H2,81,107)(H,86,94)(H,89,108)(H,90,109)(H,91,110)(H,92,111)(H,93,114)(H,95,112)(H,96,119)(H,97,122)(H,98,123)(H,99,117)(H,100,115)(H,101,120)(H,102,121)(H,103,116)(H,104,118)(H,125,126)(H4,82,83,87)(H4,84,85,88)/t46-,47+,48+,49+,50+,51+,52-,53+,54+,55+,56-,57+/m0/s1. The molecule has 0 saturated carbocycles. The molecule has 1 aromatic heterocycles. The fourth-order valence-electron chi connectivity index (χ4n) is 13.6. The van der Waals surface area contributed by atoms with Crippen LogP contribution in [0.3, 0.4) is 0 Å². The van der Waals surface area contributed by atoms with Crippen LogP contribution < -0.4 is 119 Å². The van der Waals surface area contributed by atoms with Crippen molar-refractivity contribution in [2.24, 2.45) is 34.6 Å². The van der Waals surface area contributed by atoms with E-state index < -0.39 is 254 Å². The predicted octanol–water partition coefficient (Wildman–Crippen LogP) is -8.80. The number of aliphatic carboxylic acids is 1. The zero-order valence-electron chi connectivity index (χ0n) is 71.9. The van der Waals surface area contributed by atoms with Crippen molar-refractivity contribution in [3.63, 3.8) is 0 Å². The van der Waals surface area contributed by atoms with Crippen LogP contribution in [0.5, 0.6) is 0 Å². The third-order valence-corrected chi connectivity index (χ3v) is 22.8. The summed E-state index contributed by atoms with van der Waals surface area (Å²) >= 11 is 0. The number of amides is 18. The van der Waals surface area contributed by atoms with Crippen molar-refractivity contribution in [2.75, 3.05) is 83.5 Å². The number of nitrogens with two attached hydrogens (primary N) is 5. The Labute approximate surface area is 747 Å². The second kappa shape index (κ2) is 56.6. The van der Waals surface area contributed by atoms with E-state index in [4.69, 9.17) is 39.5 Å². The molecule has 0 unspecified atom stereocenters. The first-order chi connectivity index (χ1) is 61.0. The van der Waals surface area contributed by atoms with Crippen LogP contribution in [0.2, 0.25) is 0 Å². The van der Waals surface area contributed by atoms with E-state index in [0.717, 1.165) is 26.5 Å². The number of H-pyrrole nitrogens is 1. The highest BCUT2D eigenvalue weighted by molar-refractivity contribution is 8.76. The van der Waals surface area contributed by atoms with Gasteiger partial charge in [0.25, 0.3) is 0 Å². The van der Waals surface area contributed by atoms with Crippen molar-refractivity contribution in [1.29, 1.82) is 10.8 Å². The van der Waals surface area contributed by atoms with E-state index >= 15 is 14.4 Å². The maximum atomic E-state index is 15.3. The van der Waals surface area contributed by atoms with E-state index in [0.29, 0.717) is 43.4 Å². The molecule has 50 heteroatoms. The molecule has 0 bridgehead atoms. The predicted molar refractivity (Wildman–Crippen MR) is 466 cm³/mol. The number of fused-ring (bicyclic) bond motifs is 1. The molecule has 0 aliphatic carbocycles. The quantitative estimate of drug-likeness (QED) is 0.0127. The molecule has 3 saturated heterocycles. The zero-order chi connectivity index (χ0) is 94.4. The molecular formula is C78H124N28O20S2. The fraction of sp³-hybridized carbons (Fsp3) is 0.615. The van der Waals surface area contributed by atoms with Crippen LogP contribution in [0.15, 0.2) is 42.9 Å².